The fourth-order valence-electron chi connectivity index (χ4n) is 2.64. The van der Waals surface area contributed by atoms with E-state index in [0.29, 0.717) is 19.4 Å². The van der Waals surface area contributed by atoms with Gasteiger partial charge < -0.3 is 5.11 Å². The average molecular weight is 291 g/mol. The van der Waals surface area contributed by atoms with Gasteiger partial charge in [0.25, 0.3) is 0 Å². The number of carboxylic acid groups (broad SMARTS) is 1. The number of hydrogen-bond acceptors (Lipinski definition) is 4. The molecule has 1 N–H and O–H groups in total. The zero-order chi connectivity index (χ0) is 14.3. The summed E-state index contributed by atoms with van der Waals surface area (Å²) in [6.45, 7) is 3.31. The van der Waals surface area contributed by atoms with Crippen LogP contribution in [0.15, 0.2) is 0 Å². The number of piperidine rings is 1. The number of aliphatic carboxylic acids is 1. The summed E-state index contributed by atoms with van der Waals surface area (Å²) in [5.41, 5.74) is 0. The molecule has 1 aliphatic rings. The fourth-order valence-corrected chi connectivity index (χ4v) is 3.98. The minimum Gasteiger partial charge on any atom is -0.481 e. The summed E-state index contributed by atoms with van der Waals surface area (Å²) in [5.74, 6) is -0.325. The molecule has 1 saturated heterocycles. The molecule has 1 rings (SSSR count). The largest absolute Gasteiger partial charge is 0.481 e. The zero-order valence-electron chi connectivity index (χ0n) is 11.7. The van der Waals surface area contributed by atoms with Crippen molar-refractivity contribution in [2.75, 3.05) is 24.6 Å². The molecule has 0 radical (unpaired) electrons. The summed E-state index contributed by atoms with van der Waals surface area (Å²) in [7, 11) is -2.94. The molecule has 0 aromatic rings. The molecule has 0 aromatic carbocycles. The van der Waals surface area contributed by atoms with Crippen molar-refractivity contribution >= 4 is 15.8 Å². The fraction of sp³-hybridized carbons (Fsp3) is 0.923. The number of carbonyl (C=O) groups is 1. The van der Waals surface area contributed by atoms with Crippen molar-refractivity contribution in [1.82, 2.24) is 4.90 Å². The van der Waals surface area contributed by atoms with Crippen LogP contribution >= 0.6 is 0 Å². The third-order valence-electron chi connectivity index (χ3n) is 3.65. The van der Waals surface area contributed by atoms with E-state index in [1.54, 1.807) is 0 Å². The van der Waals surface area contributed by atoms with Gasteiger partial charge in [-0.15, -0.1) is 0 Å². The predicted octanol–water partition coefficient (Wildman–Crippen LogP) is 1.53. The summed E-state index contributed by atoms with van der Waals surface area (Å²) < 4.78 is 23.5. The van der Waals surface area contributed by atoms with Crippen LogP contribution in [0.1, 0.15) is 45.4 Å². The third kappa shape index (κ3) is 6.38. The minimum absolute atomic E-state index is 0.170. The van der Waals surface area contributed by atoms with Crippen molar-refractivity contribution in [3.8, 4) is 0 Å². The van der Waals surface area contributed by atoms with E-state index in [2.05, 4.69) is 4.90 Å². The topological polar surface area (TPSA) is 74.7 Å². The van der Waals surface area contributed by atoms with Gasteiger partial charge in [0.05, 0.1) is 5.75 Å². The Kier molecular flexibility index (Phi) is 6.79. The van der Waals surface area contributed by atoms with Crippen molar-refractivity contribution in [3.05, 3.63) is 0 Å². The summed E-state index contributed by atoms with van der Waals surface area (Å²) in [4.78, 5) is 12.8. The Balaban J connectivity index is 2.46. The van der Waals surface area contributed by atoms with Crippen LogP contribution < -0.4 is 0 Å². The Morgan fingerprint density at radius 1 is 1.32 bits per heavy atom. The van der Waals surface area contributed by atoms with E-state index >= 15 is 0 Å². The maximum absolute atomic E-state index is 11.7. The molecule has 1 fully saturated rings. The van der Waals surface area contributed by atoms with Gasteiger partial charge in [-0.05, 0) is 32.2 Å². The van der Waals surface area contributed by atoms with Crippen LogP contribution in [0.4, 0.5) is 0 Å². The molecular formula is C13H25NO4S. The Hall–Kier alpha value is -0.620. The number of hydrogen-bond donors (Lipinski definition) is 1. The summed E-state index contributed by atoms with van der Waals surface area (Å²) in [6, 6.07) is 0.238. The summed E-state index contributed by atoms with van der Waals surface area (Å²) >= 11 is 0. The van der Waals surface area contributed by atoms with E-state index in [9.17, 15) is 13.2 Å². The van der Waals surface area contributed by atoms with Gasteiger partial charge in [-0.25, -0.2) is 8.42 Å². The van der Waals surface area contributed by atoms with Gasteiger partial charge in [-0.2, -0.15) is 0 Å². The number of sulfone groups is 1. The first-order valence-corrected chi connectivity index (χ1v) is 8.93. The van der Waals surface area contributed by atoms with Crippen LogP contribution in [0.25, 0.3) is 0 Å². The van der Waals surface area contributed by atoms with Gasteiger partial charge in [0.1, 0.15) is 0 Å². The normalized spacial score (nSPS) is 21.4. The van der Waals surface area contributed by atoms with E-state index in [1.165, 1.54) is 0 Å². The SMILES string of the molecule is CCCS(=O)(=O)CCN1CCCCC1CCC(=O)O. The zero-order valence-corrected chi connectivity index (χ0v) is 12.5. The van der Waals surface area contributed by atoms with E-state index in [1.807, 2.05) is 6.92 Å². The molecule has 1 unspecified atom stereocenters. The number of rotatable bonds is 8. The van der Waals surface area contributed by atoms with Crippen LogP contribution in [0.5, 0.6) is 0 Å². The first-order valence-electron chi connectivity index (χ1n) is 7.11. The van der Waals surface area contributed by atoms with Gasteiger partial charge in [0.15, 0.2) is 9.84 Å². The highest BCUT2D eigenvalue weighted by atomic mass is 32.2. The van der Waals surface area contributed by atoms with E-state index in [4.69, 9.17) is 5.11 Å². The van der Waals surface area contributed by atoms with Crippen LogP contribution in [0.3, 0.4) is 0 Å². The second-order valence-corrected chi connectivity index (χ2v) is 7.57. The van der Waals surface area contributed by atoms with Gasteiger partial charge in [-0.1, -0.05) is 13.3 Å². The van der Waals surface area contributed by atoms with Crippen molar-refractivity contribution in [2.24, 2.45) is 0 Å². The molecule has 112 valence electrons. The molecule has 0 saturated carbocycles. The van der Waals surface area contributed by atoms with E-state index in [-0.39, 0.29) is 24.0 Å². The van der Waals surface area contributed by atoms with E-state index in [0.717, 1.165) is 25.8 Å². The molecular weight excluding hydrogens is 266 g/mol. The minimum atomic E-state index is -2.94. The molecule has 1 atom stereocenters. The van der Waals surface area contributed by atoms with E-state index < -0.39 is 15.8 Å². The van der Waals surface area contributed by atoms with Gasteiger partial charge >= 0.3 is 5.97 Å². The molecule has 0 amide bonds. The Bertz CT molecular complexity index is 380. The van der Waals surface area contributed by atoms with Crippen molar-refractivity contribution in [2.45, 2.75) is 51.5 Å². The Morgan fingerprint density at radius 3 is 2.68 bits per heavy atom. The molecule has 1 heterocycles. The number of carboxylic acids is 1. The van der Waals surface area contributed by atoms with Crippen LogP contribution in [0.2, 0.25) is 0 Å². The van der Waals surface area contributed by atoms with Crippen molar-refractivity contribution in [3.63, 3.8) is 0 Å². The lowest BCUT2D eigenvalue weighted by molar-refractivity contribution is -0.137. The number of likely N-dealkylation sites (tertiary alicyclic amines) is 1. The standard InChI is InChI=1S/C13H25NO4S/c1-2-10-19(17,18)11-9-14-8-4-3-5-12(14)6-7-13(15)16/h12H,2-11H2,1H3,(H,15,16). The summed E-state index contributed by atoms with van der Waals surface area (Å²) in [5, 5.41) is 8.75. The van der Waals surface area contributed by atoms with Crippen LogP contribution in [0, 0.1) is 0 Å². The lowest BCUT2D eigenvalue weighted by atomic mass is 9.98. The highest BCUT2D eigenvalue weighted by Gasteiger charge is 2.24. The molecule has 19 heavy (non-hydrogen) atoms. The van der Waals surface area contributed by atoms with Crippen LogP contribution in [-0.2, 0) is 14.6 Å². The molecule has 1 aliphatic heterocycles. The maximum Gasteiger partial charge on any atom is 0.303 e. The highest BCUT2D eigenvalue weighted by molar-refractivity contribution is 7.91. The highest BCUT2D eigenvalue weighted by Crippen LogP contribution is 2.20. The molecule has 0 bridgehead atoms. The second kappa shape index (κ2) is 7.85. The van der Waals surface area contributed by atoms with Gasteiger partial charge in [-0.3, -0.25) is 9.69 Å². The van der Waals surface area contributed by atoms with Gasteiger partial charge in [0.2, 0.25) is 0 Å². The number of nitrogens with zero attached hydrogens (tertiary/aromatic N) is 1. The first kappa shape index (κ1) is 16.4. The lowest BCUT2D eigenvalue weighted by Gasteiger charge is -2.35. The molecule has 0 spiro atoms. The quantitative estimate of drug-likeness (QED) is 0.734. The first-order chi connectivity index (χ1) is 8.94. The predicted molar refractivity (Wildman–Crippen MR) is 75.0 cm³/mol. The Morgan fingerprint density at radius 2 is 2.05 bits per heavy atom. The summed E-state index contributed by atoms with van der Waals surface area (Å²) in [6.07, 6.45) is 4.64. The Labute approximate surface area is 115 Å². The maximum atomic E-state index is 11.7. The smallest absolute Gasteiger partial charge is 0.303 e. The van der Waals surface area contributed by atoms with Crippen molar-refractivity contribution in [1.29, 1.82) is 0 Å². The molecule has 0 aromatic heterocycles. The van der Waals surface area contributed by atoms with Crippen molar-refractivity contribution < 1.29 is 18.3 Å². The van der Waals surface area contributed by atoms with Crippen LogP contribution in [-0.4, -0.2) is 55.0 Å². The average Bonchev–Trinajstić information content (AvgIpc) is 2.35. The second-order valence-electron chi connectivity index (χ2n) is 5.27. The monoisotopic (exact) mass is 291 g/mol. The molecule has 6 heteroatoms. The lowest BCUT2D eigenvalue weighted by Crippen LogP contribution is -2.42. The molecule has 0 aliphatic carbocycles. The van der Waals surface area contributed by atoms with Gasteiger partial charge in [0, 0.05) is 24.8 Å². The molecule has 5 nitrogen and oxygen atoms in total. The third-order valence-corrected chi connectivity index (χ3v) is 5.48.